The Balaban J connectivity index is 2.02. The summed E-state index contributed by atoms with van der Waals surface area (Å²) in [4.78, 5) is 28.4. The van der Waals surface area contributed by atoms with Crippen LogP contribution in [0, 0.1) is 0 Å². The van der Waals surface area contributed by atoms with Gasteiger partial charge in [-0.25, -0.2) is 8.42 Å². The van der Waals surface area contributed by atoms with E-state index in [9.17, 15) is 18.0 Å². The van der Waals surface area contributed by atoms with Crippen molar-refractivity contribution in [1.29, 1.82) is 0 Å². The third-order valence-electron chi connectivity index (χ3n) is 5.86. The van der Waals surface area contributed by atoms with Crippen molar-refractivity contribution in [2.75, 3.05) is 17.4 Å². The van der Waals surface area contributed by atoms with Crippen molar-refractivity contribution in [3.8, 4) is 0 Å². The smallest absolute Gasteiger partial charge is 0.264 e. The van der Waals surface area contributed by atoms with Crippen molar-refractivity contribution in [1.82, 2.24) is 10.2 Å². The van der Waals surface area contributed by atoms with Gasteiger partial charge in [-0.05, 0) is 54.8 Å². The van der Waals surface area contributed by atoms with Crippen LogP contribution >= 0.6 is 11.6 Å². The van der Waals surface area contributed by atoms with Crippen LogP contribution in [0.5, 0.6) is 0 Å². The third kappa shape index (κ3) is 7.33. The number of halogens is 1. The standard InChI is InChI=1S/C28H32ClN3O4S/c1-3-19-30-28(34)26(4-2)31(20-22-11-7-5-8-12-22)27(33)21-32(24-17-15-23(29)16-18-24)37(35,36)25-13-9-6-10-14-25/h5-18,26H,3-4,19-21H2,1-2H3,(H,30,34)/t26-/m0/s1. The van der Waals surface area contributed by atoms with Crippen LogP contribution in [-0.4, -0.2) is 44.3 Å². The molecule has 0 aliphatic rings. The molecule has 3 rings (SSSR count). The molecule has 3 aromatic rings. The second-order valence-corrected chi connectivity index (χ2v) is 10.8. The molecule has 0 saturated carbocycles. The molecule has 0 aliphatic heterocycles. The summed E-state index contributed by atoms with van der Waals surface area (Å²) in [5, 5.41) is 3.31. The number of hydrogen-bond donors (Lipinski definition) is 1. The molecule has 1 N–H and O–H groups in total. The highest BCUT2D eigenvalue weighted by Gasteiger charge is 2.33. The zero-order valence-corrected chi connectivity index (χ0v) is 22.6. The molecule has 1 atom stereocenters. The number of nitrogens with one attached hydrogen (secondary N) is 1. The zero-order chi connectivity index (χ0) is 26.8. The van der Waals surface area contributed by atoms with Crippen LogP contribution in [0.2, 0.25) is 5.02 Å². The summed E-state index contributed by atoms with van der Waals surface area (Å²) >= 11 is 6.04. The number of sulfonamides is 1. The summed E-state index contributed by atoms with van der Waals surface area (Å²) in [5.74, 6) is -0.755. The van der Waals surface area contributed by atoms with Gasteiger partial charge < -0.3 is 10.2 Å². The molecule has 0 fully saturated rings. The minimum Gasteiger partial charge on any atom is -0.354 e. The molecule has 0 aromatic heterocycles. The van der Waals surface area contributed by atoms with E-state index in [2.05, 4.69) is 5.32 Å². The number of nitrogens with zero attached hydrogens (tertiary/aromatic N) is 2. The molecule has 0 radical (unpaired) electrons. The molecular weight excluding hydrogens is 510 g/mol. The van der Waals surface area contributed by atoms with E-state index >= 15 is 0 Å². The van der Waals surface area contributed by atoms with Crippen molar-refractivity contribution in [2.24, 2.45) is 0 Å². The molecule has 2 amide bonds. The lowest BCUT2D eigenvalue weighted by atomic mass is 10.1. The lowest BCUT2D eigenvalue weighted by molar-refractivity contribution is -0.140. The van der Waals surface area contributed by atoms with Crippen LogP contribution in [0.4, 0.5) is 5.69 Å². The summed E-state index contributed by atoms with van der Waals surface area (Å²) < 4.78 is 28.4. The minimum atomic E-state index is -4.09. The Bertz CT molecular complexity index is 1270. The molecule has 0 bridgehead atoms. The third-order valence-corrected chi connectivity index (χ3v) is 7.90. The van der Waals surface area contributed by atoms with Crippen molar-refractivity contribution >= 4 is 39.1 Å². The zero-order valence-electron chi connectivity index (χ0n) is 21.0. The first kappa shape index (κ1) is 28.2. The van der Waals surface area contributed by atoms with Crippen molar-refractivity contribution in [3.63, 3.8) is 0 Å². The molecule has 0 heterocycles. The lowest BCUT2D eigenvalue weighted by Gasteiger charge is -2.33. The van der Waals surface area contributed by atoms with E-state index in [4.69, 9.17) is 11.6 Å². The van der Waals surface area contributed by atoms with Crippen molar-refractivity contribution < 1.29 is 18.0 Å². The molecule has 0 unspecified atom stereocenters. The summed E-state index contributed by atoms with van der Waals surface area (Å²) in [6.45, 7) is 3.95. The monoisotopic (exact) mass is 541 g/mol. The predicted octanol–water partition coefficient (Wildman–Crippen LogP) is 4.87. The Morgan fingerprint density at radius 3 is 2.05 bits per heavy atom. The Morgan fingerprint density at radius 1 is 0.892 bits per heavy atom. The van der Waals surface area contributed by atoms with Crippen molar-refractivity contribution in [2.45, 2.75) is 44.2 Å². The fraction of sp³-hybridized carbons (Fsp3) is 0.286. The normalized spacial score (nSPS) is 12.0. The van der Waals surface area contributed by atoms with Gasteiger partial charge in [0, 0.05) is 18.1 Å². The SMILES string of the molecule is CCCNC(=O)[C@H](CC)N(Cc1ccccc1)C(=O)CN(c1ccc(Cl)cc1)S(=O)(=O)c1ccccc1. The fourth-order valence-corrected chi connectivity index (χ4v) is 5.48. The van der Waals surface area contributed by atoms with E-state index < -0.39 is 28.5 Å². The predicted molar refractivity (Wildman–Crippen MR) is 147 cm³/mol. The summed E-state index contributed by atoms with van der Waals surface area (Å²) in [7, 11) is -4.09. The number of amides is 2. The average molecular weight is 542 g/mol. The molecule has 9 heteroatoms. The largest absolute Gasteiger partial charge is 0.354 e. The maximum atomic E-state index is 13.9. The molecule has 7 nitrogen and oxygen atoms in total. The topological polar surface area (TPSA) is 86.8 Å². The van der Waals surface area contributed by atoms with Crippen LogP contribution in [0.3, 0.4) is 0 Å². The van der Waals surface area contributed by atoms with Crippen LogP contribution in [0.25, 0.3) is 0 Å². The quantitative estimate of drug-likeness (QED) is 0.354. The van der Waals surface area contributed by atoms with Gasteiger partial charge >= 0.3 is 0 Å². The maximum Gasteiger partial charge on any atom is 0.264 e. The Morgan fingerprint density at radius 2 is 1.49 bits per heavy atom. The van der Waals surface area contributed by atoms with Gasteiger partial charge in [0.1, 0.15) is 12.6 Å². The first-order valence-electron chi connectivity index (χ1n) is 12.2. The first-order chi connectivity index (χ1) is 17.8. The van der Waals surface area contributed by atoms with E-state index in [1.54, 1.807) is 42.5 Å². The maximum absolute atomic E-state index is 13.9. The van der Waals surface area contributed by atoms with Gasteiger partial charge in [0.05, 0.1) is 10.6 Å². The highest BCUT2D eigenvalue weighted by molar-refractivity contribution is 7.92. The first-order valence-corrected chi connectivity index (χ1v) is 14.0. The van der Waals surface area contributed by atoms with Crippen LogP contribution in [0.1, 0.15) is 32.3 Å². The van der Waals surface area contributed by atoms with Gasteiger partial charge in [-0.15, -0.1) is 0 Å². The van der Waals surface area contributed by atoms with Crippen LogP contribution in [-0.2, 0) is 26.2 Å². The van der Waals surface area contributed by atoms with E-state index in [0.717, 1.165) is 16.3 Å². The average Bonchev–Trinajstić information content (AvgIpc) is 2.92. The number of benzene rings is 3. The molecule has 37 heavy (non-hydrogen) atoms. The molecule has 3 aromatic carbocycles. The number of carbonyl (C=O) groups is 2. The van der Waals surface area contributed by atoms with E-state index in [0.29, 0.717) is 23.7 Å². The fourth-order valence-electron chi connectivity index (χ4n) is 3.92. The molecule has 0 spiro atoms. The molecule has 0 saturated heterocycles. The highest BCUT2D eigenvalue weighted by Crippen LogP contribution is 2.26. The van der Waals surface area contributed by atoms with Gasteiger partial charge in [0.25, 0.3) is 10.0 Å². The Hall–Kier alpha value is -3.36. The summed E-state index contributed by atoms with van der Waals surface area (Å²) in [6.07, 6.45) is 1.13. The molecule has 0 aliphatic carbocycles. The Kier molecular flexibility index (Phi) is 10.1. The number of anilines is 1. The highest BCUT2D eigenvalue weighted by atomic mass is 35.5. The minimum absolute atomic E-state index is 0.0556. The van der Waals surface area contributed by atoms with Gasteiger partial charge in [-0.3, -0.25) is 13.9 Å². The Labute approximate surface area is 224 Å². The van der Waals surface area contributed by atoms with Gasteiger partial charge in [0.2, 0.25) is 11.8 Å². The summed E-state index contributed by atoms with van der Waals surface area (Å²) in [5.41, 5.74) is 1.13. The van der Waals surface area contributed by atoms with Crippen LogP contribution in [0.15, 0.2) is 89.8 Å². The van der Waals surface area contributed by atoms with Crippen LogP contribution < -0.4 is 9.62 Å². The number of carbonyl (C=O) groups excluding carboxylic acids is 2. The second kappa shape index (κ2) is 13.3. The lowest BCUT2D eigenvalue weighted by Crippen LogP contribution is -2.52. The van der Waals surface area contributed by atoms with Crippen molar-refractivity contribution in [3.05, 3.63) is 95.5 Å². The number of hydrogen-bond acceptors (Lipinski definition) is 4. The molecular formula is C28H32ClN3O4S. The van der Waals surface area contributed by atoms with E-state index in [1.165, 1.54) is 17.0 Å². The molecule has 196 valence electrons. The summed E-state index contributed by atoms with van der Waals surface area (Å²) in [6, 6.07) is 22.8. The van der Waals surface area contributed by atoms with Gasteiger partial charge in [0.15, 0.2) is 0 Å². The number of rotatable bonds is 12. The van der Waals surface area contributed by atoms with Gasteiger partial charge in [-0.2, -0.15) is 0 Å². The van der Waals surface area contributed by atoms with Gasteiger partial charge in [-0.1, -0.05) is 74.0 Å². The van der Waals surface area contributed by atoms with E-state index in [1.807, 2.05) is 44.2 Å². The van der Waals surface area contributed by atoms with E-state index in [-0.39, 0.29) is 17.3 Å². The second-order valence-electron chi connectivity index (χ2n) is 8.52.